The maximum Gasteiger partial charge on any atom is 0.279 e. The van der Waals surface area contributed by atoms with Crippen molar-refractivity contribution in [1.82, 2.24) is 19.8 Å². The van der Waals surface area contributed by atoms with Crippen LogP contribution in [0.1, 0.15) is 40.8 Å². The summed E-state index contributed by atoms with van der Waals surface area (Å²) >= 11 is 0. The van der Waals surface area contributed by atoms with Gasteiger partial charge in [0, 0.05) is 24.9 Å². The highest BCUT2D eigenvalue weighted by Crippen LogP contribution is 2.32. The first-order valence-electron chi connectivity index (χ1n) is 8.63. The molecule has 3 aromatic rings. The molecule has 0 aliphatic carbocycles. The Morgan fingerprint density at radius 2 is 2.15 bits per heavy atom. The molecule has 138 valence electrons. The van der Waals surface area contributed by atoms with E-state index < -0.39 is 17.2 Å². The van der Waals surface area contributed by atoms with Crippen LogP contribution in [0.4, 0.5) is 4.39 Å². The number of aromatic nitrogens is 3. The summed E-state index contributed by atoms with van der Waals surface area (Å²) < 4.78 is 20.1. The van der Waals surface area contributed by atoms with Gasteiger partial charge in [0.2, 0.25) is 5.43 Å². The molecule has 1 unspecified atom stereocenters. The highest BCUT2D eigenvalue weighted by molar-refractivity contribution is 5.92. The molecular weight excluding hydrogens is 351 g/mol. The lowest BCUT2D eigenvalue weighted by Crippen LogP contribution is -2.35. The van der Waals surface area contributed by atoms with E-state index in [-0.39, 0.29) is 11.7 Å². The topological polar surface area (TPSA) is 81.2 Å². The number of halogens is 1. The fraction of sp³-hybridized carbons (Fsp3) is 0.263. The number of benzene rings is 1. The number of carbonyl (C=O) groups excluding carboxylic acids is 1. The van der Waals surface area contributed by atoms with Crippen molar-refractivity contribution < 1.29 is 13.7 Å². The third-order valence-corrected chi connectivity index (χ3v) is 4.57. The average molecular weight is 368 g/mol. The number of aryl methyl sites for hydroxylation is 1. The molecule has 27 heavy (non-hydrogen) atoms. The first-order chi connectivity index (χ1) is 13.0. The molecule has 1 saturated heterocycles. The number of likely N-dealkylation sites (tertiary alicyclic amines) is 1. The Morgan fingerprint density at radius 3 is 2.89 bits per heavy atom. The standard InChI is InChI=1S/C19H17FN4O3/c1-12-10-17(27-22-12)15-6-3-8-23(15)19(26)18-16(25)7-9-24(21-18)14-5-2-4-13(20)11-14/h2,4-5,7,9-11,15H,3,6,8H2,1H3. The number of rotatable bonds is 3. The van der Waals surface area contributed by atoms with Crippen LogP contribution in [0.25, 0.3) is 5.69 Å². The largest absolute Gasteiger partial charge is 0.359 e. The Bertz CT molecular complexity index is 1060. The van der Waals surface area contributed by atoms with Gasteiger partial charge in [-0.05, 0) is 38.0 Å². The molecule has 1 aliphatic rings. The van der Waals surface area contributed by atoms with Gasteiger partial charge in [-0.15, -0.1) is 0 Å². The van der Waals surface area contributed by atoms with Crippen molar-refractivity contribution >= 4 is 5.91 Å². The molecule has 4 rings (SSSR count). The van der Waals surface area contributed by atoms with E-state index in [1.165, 1.54) is 35.1 Å². The molecular formula is C19H17FN4O3. The zero-order chi connectivity index (χ0) is 19.0. The van der Waals surface area contributed by atoms with E-state index >= 15 is 0 Å². The third kappa shape index (κ3) is 3.25. The van der Waals surface area contributed by atoms with Crippen LogP contribution in [0.3, 0.4) is 0 Å². The average Bonchev–Trinajstić information content (AvgIpc) is 3.30. The van der Waals surface area contributed by atoms with Gasteiger partial charge in [-0.3, -0.25) is 9.59 Å². The lowest BCUT2D eigenvalue weighted by molar-refractivity contribution is 0.0705. The SMILES string of the molecule is Cc1cc(C2CCCN2C(=O)c2nn(-c3cccc(F)c3)ccc2=O)on1. The van der Waals surface area contributed by atoms with Gasteiger partial charge < -0.3 is 9.42 Å². The van der Waals surface area contributed by atoms with E-state index in [4.69, 9.17) is 4.52 Å². The number of amides is 1. The molecule has 0 radical (unpaired) electrons. The van der Waals surface area contributed by atoms with Crippen molar-refractivity contribution in [3.63, 3.8) is 0 Å². The summed E-state index contributed by atoms with van der Waals surface area (Å²) in [5.41, 5.74) is 0.473. The fourth-order valence-electron chi connectivity index (χ4n) is 3.30. The monoisotopic (exact) mass is 368 g/mol. The summed E-state index contributed by atoms with van der Waals surface area (Å²) in [4.78, 5) is 26.9. The van der Waals surface area contributed by atoms with Crippen molar-refractivity contribution in [1.29, 1.82) is 0 Å². The molecule has 0 saturated carbocycles. The van der Waals surface area contributed by atoms with E-state index in [0.717, 1.165) is 18.5 Å². The Kier molecular flexibility index (Phi) is 4.31. The minimum atomic E-state index is -0.480. The fourth-order valence-corrected chi connectivity index (χ4v) is 3.30. The molecule has 3 heterocycles. The van der Waals surface area contributed by atoms with Crippen molar-refractivity contribution in [2.75, 3.05) is 6.54 Å². The Balaban J connectivity index is 1.69. The van der Waals surface area contributed by atoms with Gasteiger partial charge in [0.25, 0.3) is 5.91 Å². The summed E-state index contributed by atoms with van der Waals surface area (Å²) in [6, 6.07) is 8.55. The number of nitrogens with zero attached hydrogens (tertiary/aromatic N) is 4. The number of carbonyl (C=O) groups is 1. The van der Waals surface area contributed by atoms with Gasteiger partial charge in [-0.25, -0.2) is 9.07 Å². The lowest BCUT2D eigenvalue weighted by Gasteiger charge is -2.22. The van der Waals surface area contributed by atoms with Gasteiger partial charge in [-0.2, -0.15) is 5.10 Å². The zero-order valence-electron chi connectivity index (χ0n) is 14.6. The Labute approximate surface area is 154 Å². The molecule has 1 aromatic carbocycles. The molecule has 0 bridgehead atoms. The second-order valence-corrected chi connectivity index (χ2v) is 6.48. The summed E-state index contributed by atoms with van der Waals surface area (Å²) in [6.45, 7) is 2.31. The predicted octanol–water partition coefficient (Wildman–Crippen LogP) is 2.65. The molecule has 0 N–H and O–H groups in total. The smallest absolute Gasteiger partial charge is 0.279 e. The second kappa shape index (κ2) is 6.79. The normalized spacial score (nSPS) is 16.7. The maximum atomic E-state index is 13.5. The first kappa shape index (κ1) is 17.1. The van der Waals surface area contributed by atoms with E-state index in [9.17, 15) is 14.0 Å². The van der Waals surface area contributed by atoms with Crippen LogP contribution >= 0.6 is 0 Å². The Morgan fingerprint density at radius 1 is 1.30 bits per heavy atom. The van der Waals surface area contributed by atoms with Crippen LogP contribution in [0.2, 0.25) is 0 Å². The van der Waals surface area contributed by atoms with E-state index in [1.54, 1.807) is 17.0 Å². The lowest BCUT2D eigenvalue weighted by atomic mass is 10.1. The summed E-state index contributed by atoms with van der Waals surface area (Å²) in [6.07, 6.45) is 2.93. The summed E-state index contributed by atoms with van der Waals surface area (Å²) in [7, 11) is 0. The molecule has 1 fully saturated rings. The second-order valence-electron chi connectivity index (χ2n) is 6.48. The van der Waals surface area contributed by atoms with Crippen molar-refractivity contribution in [2.45, 2.75) is 25.8 Å². The highest BCUT2D eigenvalue weighted by Gasteiger charge is 2.34. The molecule has 1 atom stereocenters. The maximum absolute atomic E-state index is 13.5. The van der Waals surface area contributed by atoms with E-state index in [2.05, 4.69) is 10.3 Å². The number of hydrogen-bond acceptors (Lipinski definition) is 5. The van der Waals surface area contributed by atoms with Crippen LogP contribution in [-0.4, -0.2) is 32.3 Å². The van der Waals surface area contributed by atoms with Crippen LogP contribution in [0.5, 0.6) is 0 Å². The van der Waals surface area contributed by atoms with Gasteiger partial charge >= 0.3 is 0 Å². The van der Waals surface area contributed by atoms with Gasteiger partial charge in [0.15, 0.2) is 11.5 Å². The van der Waals surface area contributed by atoms with Crippen LogP contribution in [-0.2, 0) is 0 Å². The van der Waals surface area contributed by atoms with Gasteiger partial charge in [0.05, 0.1) is 17.4 Å². The predicted molar refractivity (Wildman–Crippen MR) is 94.0 cm³/mol. The van der Waals surface area contributed by atoms with E-state index in [0.29, 0.717) is 18.0 Å². The quantitative estimate of drug-likeness (QED) is 0.710. The highest BCUT2D eigenvalue weighted by atomic mass is 19.1. The zero-order valence-corrected chi connectivity index (χ0v) is 14.6. The summed E-state index contributed by atoms with van der Waals surface area (Å²) in [5, 5.41) is 8.04. The molecule has 1 aliphatic heterocycles. The first-order valence-corrected chi connectivity index (χ1v) is 8.63. The van der Waals surface area contributed by atoms with Crippen LogP contribution < -0.4 is 5.43 Å². The molecule has 1 amide bonds. The van der Waals surface area contributed by atoms with Crippen LogP contribution in [0, 0.1) is 12.7 Å². The third-order valence-electron chi connectivity index (χ3n) is 4.57. The Hall–Kier alpha value is -3.29. The van der Waals surface area contributed by atoms with Gasteiger partial charge in [0.1, 0.15) is 5.82 Å². The van der Waals surface area contributed by atoms with Crippen molar-refractivity contribution in [3.8, 4) is 5.69 Å². The summed E-state index contributed by atoms with van der Waals surface area (Å²) in [5.74, 6) is -0.303. The molecule has 8 heteroatoms. The van der Waals surface area contributed by atoms with E-state index in [1.807, 2.05) is 6.92 Å². The molecule has 0 spiro atoms. The molecule has 2 aromatic heterocycles. The minimum absolute atomic E-state index is 0.204. The van der Waals surface area contributed by atoms with Crippen LogP contribution in [0.15, 0.2) is 51.9 Å². The van der Waals surface area contributed by atoms with Crippen molar-refractivity contribution in [3.05, 3.63) is 75.8 Å². The minimum Gasteiger partial charge on any atom is -0.359 e. The van der Waals surface area contributed by atoms with Gasteiger partial charge in [-0.1, -0.05) is 11.2 Å². The molecule has 7 nitrogen and oxygen atoms in total. The number of hydrogen-bond donors (Lipinski definition) is 0. The van der Waals surface area contributed by atoms with Crippen molar-refractivity contribution in [2.24, 2.45) is 0 Å².